The summed E-state index contributed by atoms with van der Waals surface area (Å²) in [4.78, 5) is 38.2. The molecule has 0 fully saturated rings. The standard InChI is InChI=1S/C28H33N5O4/c1-19-15-33(20(2)18-34)28(36)24-14-23(31-27(35)22-8-12-30-13-9-22)4-5-25(24)37-26(19)17-32(3)16-21-6-10-29-11-7-21/h4-14,19-20,26,34H,15-18H2,1-3H3,(H,31,35)/t19-,20+,26+/m1/s1. The Labute approximate surface area is 217 Å². The van der Waals surface area contributed by atoms with E-state index >= 15 is 0 Å². The van der Waals surface area contributed by atoms with Crippen molar-refractivity contribution in [1.29, 1.82) is 0 Å². The molecule has 9 heteroatoms. The van der Waals surface area contributed by atoms with Crippen LogP contribution in [0.1, 0.15) is 40.1 Å². The topological polar surface area (TPSA) is 108 Å². The van der Waals surface area contributed by atoms with Gasteiger partial charge in [0.2, 0.25) is 0 Å². The number of aliphatic hydroxyl groups is 1. The third kappa shape index (κ3) is 6.49. The number of nitrogens with one attached hydrogen (secondary N) is 1. The van der Waals surface area contributed by atoms with E-state index in [2.05, 4.69) is 27.1 Å². The molecule has 0 spiro atoms. The van der Waals surface area contributed by atoms with Crippen LogP contribution in [0.3, 0.4) is 0 Å². The minimum atomic E-state index is -0.369. The lowest BCUT2D eigenvalue weighted by molar-refractivity contribution is 0.0341. The van der Waals surface area contributed by atoms with E-state index in [0.717, 1.165) is 12.1 Å². The predicted octanol–water partition coefficient (Wildman–Crippen LogP) is 3.08. The first-order chi connectivity index (χ1) is 17.9. The monoisotopic (exact) mass is 503 g/mol. The maximum atomic E-state index is 13.6. The zero-order chi connectivity index (χ0) is 26.4. The molecule has 2 amide bonds. The van der Waals surface area contributed by atoms with Crippen molar-refractivity contribution in [2.45, 2.75) is 32.5 Å². The molecule has 0 aliphatic carbocycles. The summed E-state index contributed by atoms with van der Waals surface area (Å²) in [7, 11) is 2.03. The molecule has 1 aromatic carbocycles. The van der Waals surface area contributed by atoms with E-state index in [4.69, 9.17) is 4.74 Å². The van der Waals surface area contributed by atoms with Gasteiger partial charge in [-0.15, -0.1) is 0 Å². The van der Waals surface area contributed by atoms with E-state index in [0.29, 0.717) is 35.7 Å². The number of aliphatic hydroxyl groups excluding tert-OH is 1. The average Bonchev–Trinajstić information content (AvgIpc) is 2.91. The lowest BCUT2D eigenvalue weighted by Gasteiger charge is -2.38. The number of likely N-dealkylation sites (N-methyl/N-ethyl adjacent to an activating group) is 1. The highest BCUT2D eigenvalue weighted by Gasteiger charge is 2.33. The van der Waals surface area contributed by atoms with Crippen molar-refractivity contribution in [2.24, 2.45) is 5.92 Å². The fourth-order valence-corrected chi connectivity index (χ4v) is 4.40. The number of nitrogens with zero attached hydrogens (tertiary/aromatic N) is 4. The molecular weight excluding hydrogens is 470 g/mol. The molecule has 3 aromatic rings. The molecule has 0 unspecified atom stereocenters. The molecule has 0 saturated heterocycles. The number of fused-ring (bicyclic) bond motifs is 1. The number of anilines is 1. The van der Waals surface area contributed by atoms with E-state index in [1.165, 1.54) is 0 Å². The second-order valence-corrected chi connectivity index (χ2v) is 9.58. The predicted molar refractivity (Wildman–Crippen MR) is 140 cm³/mol. The second-order valence-electron chi connectivity index (χ2n) is 9.58. The van der Waals surface area contributed by atoms with Crippen LogP contribution >= 0.6 is 0 Å². The number of benzene rings is 1. The minimum Gasteiger partial charge on any atom is -0.488 e. The van der Waals surface area contributed by atoms with Gasteiger partial charge in [0.15, 0.2) is 0 Å². The van der Waals surface area contributed by atoms with Gasteiger partial charge in [-0.3, -0.25) is 24.5 Å². The highest BCUT2D eigenvalue weighted by Crippen LogP contribution is 2.31. The van der Waals surface area contributed by atoms with Gasteiger partial charge in [-0.25, -0.2) is 0 Å². The molecule has 0 saturated carbocycles. The number of carbonyl (C=O) groups is 2. The molecule has 9 nitrogen and oxygen atoms in total. The molecule has 194 valence electrons. The average molecular weight is 504 g/mol. The van der Waals surface area contributed by atoms with Gasteiger partial charge in [0.25, 0.3) is 11.8 Å². The lowest BCUT2D eigenvalue weighted by atomic mass is 9.99. The zero-order valence-electron chi connectivity index (χ0n) is 21.4. The first-order valence-corrected chi connectivity index (χ1v) is 12.4. The van der Waals surface area contributed by atoms with Crippen molar-refractivity contribution in [3.63, 3.8) is 0 Å². The number of aromatic nitrogens is 2. The Kier molecular flexibility index (Phi) is 8.47. The van der Waals surface area contributed by atoms with Gasteiger partial charge < -0.3 is 20.1 Å². The molecule has 2 aromatic heterocycles. The molecule has 1 aliphatic heterocycles. The summed E-state index contributed by atoms with van der Waals surface area (Å²) in [6.45, 7) is 5.54. The molecule has 3 atom stereocenters. The van der Waals surface area contributed by atoms with Crippen molar-refractivity contribution < 1.29 is 19.4 Å². The molecule has 0 bridgehead atoms. The largest absolute Gasteiger partial charge is 0.488 e. The fourth-order valence-electron chi connectivity index (χ4n) is 4.40. The van der Waals surface area contributed by atoms with Crippen molar-refractivity contribution in [3.05, 3.63) is 83.9 Å². The highest BCUT2D eigenvalue weighted by molar-refractivity contribution is 6.05. The Morgan fingerprint density at radius 2 is 1.84 bits per heavy atom. The zero-order valence-corrected chi connectivity index (χ0v) is 21.4. The quantitative estimate of drug-likeness (QED) is 0.486. The van der Waals surface area contributed by atoms with Crippen LogP contribution in [0.4, 0.5) is 5.69 Å². The normalized spacial score (nSPS) is 18.4. The van der Waals surface area contributed by atoms with Crippen LogP contribution in [-0.2, 0) is 6.54 Å². The number of rotatable bonds is 8. The van der Waals surface area contributed by atoms with E-state index in [1.54, 1.807) is 60.0 Å². The van der Waals surface area contributed by atoms with E-state index in [-0.39, 0.29) is 36.5 Å². The summed E-state index contributed by atoms with van der Waals surface area (Å²) < 4.78 is 6.45. The number of amides is 2. The summed E-state index contributed by atoms with van der Waals surface area (Å²) in [6.07, 6.45) is 6.45. The van der Waals surface area contributed by atoms with Crippen LogP contribution < -0.4 is 10.1 Å². The third-order valence-electron chi connectivity index (χ3n) is 6.56. The van der Waals surface area contributed by atoms with Gasteiger partial charge in [0, 0.05) is 61.6 Å². The van der Waals surface area contributed by atoms with Crippen LogP contribution in [0.2, 0.25) is 0 Å². The smallest absolute Gasteiger partial charge is 0.258 e. The third-order valence-corrected chi connectivity index (χ3v) is 6.56. The lowest BCUT2D eigenvalue weighted by Crippen LogP contribution is -2.49. The molecule has 37 heavy (non-hydrogen) atoms. The molecule has 4 rings (SSSR count). The number of hydrogen-bond donors (Lipinski definition) is 2. The van der Waals surface area contributed by atoms with Gasteiger partial charge in [0.05, 0.1) is 18.2 Å². The Hall–Kier alpha value is -3.82. The van der Waals surface area contributed by atoms with Gasteiger partial charge in [-0.05, 0) is 62.0 Å². The van der Waals surface area contributed by atoms with E-state index < -0.39 is 0 Å². The number of ether oxygens (including phenoxy) is 1. The summed E-state index contributed by atoms with van der Waals surface area (Å²) >= 11 is 0. The number of carbonyl (C=O) groups excluding carboxylic acids is 2. The molecular formula is C28H33N5O4. The summed E-state index contributed by atoms with van der Waals surface area (Å²) in [6, 6.07) is 11.9. The van der Waals surface area contributed by atoms with Crippen molar-refractivity contribution in [1.82, 2.24) is 19.8 Å². The van der Waals surface area contributed by atoms with Crippen LogP contribution in [0.15, 0.2) is 67.3 Å². The van der Waals surface area contributed by atoms with Gasteiger partial charge in [-0.1, -0.05) is 6.92 Å². The first kappa shape index (κ1) is 26.2. The molecule has 0 radical (unpaired) electrons. The summed E-state index contributed by atoms with van der Waals surface area (Å²) in [5, 5.41) is 12.7. The first-order valence-electron chi connectivity index (χ1n) is 12.4. The Bertz CT molecular complexity index is 1210. The maximum absolute atomic E-state index is 13.6. The van der Waals surface area contributed by atoms with Crippen LogP contribution in [0.5, 0.6) is 5.75 Å². The van der Waals surface area contributed by atoms with Gasteiger partial charge in [0.1, 0.15) is 11.9 Å². The van der Waals surface area contributed by atoms with Crippen molar-refractivity contribution >= 4 is 17.5 Å². The van der Waals surface area contributed by atoms with E-state index in [9.17, 15) is 14.7 Å². The number of hydrogen-bond acceptors (Lipinski definition) is 7. The molecule has 3 heterocycles. The summed E-state index contributed by atoms with van der Waals surface area (Å²) in [5.74, 6) is -0.0775. The number of pyridine rings is 2. The van der Waals surface area contributed by atoms with E-state index in [1.807, 2.05) is 26.1 Å². The summed E-state index contributed by atoms with van der Waals surface area (Å²) in [5.41, 5.74) is 2.44. The second kappa shape index (κ2) is 11.9. The SMILES string of the molecule is C[C@@H]1CN([C@@H](C)CO)C(=O)c2cc(NC(=O)c3ccncc3)ccc2O[C@H]1CN(C)Cc1ccncc1. The van der Waals surface area contributed by atoms with Gasteiger partial charge in [-0.2, -0.15) is 0 Å². The Balaban J connectivity index is 1.60. The molecule has 2 N–H and O–H groups in total. The molecule has 1 aliphatic rings. The Morgan fingerprint density at radius 3 is 2.51 bits per heavy atom. The Morgan fingerprint density at radius 1 is 1.16 bits per heavy atom. The van der Waals surface area contributed by atoms with Crippen LogP contribution in [0, 0.1) is 5.92 Å². The van der Waals surface area contributed by atoms with Crippen LogP contribution in [-0.4, -0.2) is 75.6 Å². The minimum absolute atomic E-state index is 0.0112. The fraction of sp³-hybridized carbons (Fsp3) is 0.357. The van der Waals surface area contributed by atoms with Gasteiger partial charge >= 0.3 is 0 Å². The van der Waals surface area contributed by atoms with Crippen molar-refractivity contribution in [3.8, 4) is 5.75 Å². The van der Waals surface area contributed by atoms with Crippen molar-refractivity contribution in [2.75, 3.05) is 32.1 Å². The highest BCUT2D eigenvalue weighted by atomic mass is 16.5. The maximum Gasteiger partial charge on any atom is 0.258 e. The van der Waals surface area contributed by atoms with Crippen LogP contribution in [0.25, 0.3) is 0 Å².